The number of rotatable bonds is 6. The zero-order valence-electron chi connectivity index (χ0n) is 20.5. The number of amides is 1. The standard InChI is InChI=1S/C26H34N2O5S/c1-5-27(17-22-7-6-8-23-24(22)33-14-13-32-23)26(29)21-9-11-28(12-10-21)34(30,31)25-19(3)15-18(2)16-20(25)4/h6-8,15-16,21H,5,9-14,17H2,1-4H3. The van der Waals surface area contributed by atoms with Gasteiger partial charge in [0.05, 0.1) is 4.90 Å². The van der Waals surface area contributed by atoms with Crippen molar-refractivity contribution in [2.45, 2.75) is 52.0 Å². The fourth-order valence-electron chi connectivity index (χ4n) is 5.11. The minimum absolute atomic E-state index is 0.0663. The number of para-hydroxylation sites is 1. The quantitative estimate of drug-likeness (QED) is 0.620. The average Bonchev–Trinajstić information content (AvgIpc) is 2.81. The zero-order chi connectivity index (χ0) is 24.5. The molecule has 2 aromatic rings. The van der Waals surface area contributed by atoms with Gasteiger partial charge in [-0.05, 0) is 57.7 Å². The molecule has 0 atom stereocenters. The third kappa shape index (κ3) is 4.79. The van der Waals surface area contributed by atoms with Crippen LogP contribution < -0.4 is 9.47 Å². The van der Waals surface area contributed by atoms with Gasteiger partial charge in [0.1, 0.15) is 13.2 Å². The Balaban J connectivity index is 1.44. The molecule has 2 aliphatic rings. The summed E-state index contributed by atoms with van der Waals surface area (Å²) in [6.45, 7) is 10.4. The Bertz CT molecular complexity index is 1150. The molecule has 4 rings (SSSR count). The van der Waals surface area contributed by atoms with Crippen molar-refractivity contribution >= 4 is 15.9 Å². The van der Waals surface area contributed by atoms with Crippen LogP contribution in [-0.2, 0) is 21.4 Å². The number of hydrogen-bond donors (Lipinski definition) is 0. The van der Waals surface area contributed by atoms with Crippen molar-refractivity contribution < 1.29 is 22.7 Å². The van der Waals surface area contributed by atoms with Crippen LogP contribution in [0.25, 0.3) is 0 Å². The first-order valence-electron chi connectivity index (χ1n) is 12.0. The van der Waals surface area contributed by atoms with Crippen LogP contribution in [0, 0.1) is 26.7 Å². The highest BCUT2D eigenvalue weighted by atomic mass is 32.2. The van der Waals surface area contributed by atoms with Gasteiger partial charge >= 0.3 is 0 Å². The molecule has 184 valence electrons. The van der Waals surface area contributed by atoms with E-state index in [1.165, 1.54) is 4.31 Å². The molecule has 0 unspecified atom stereocenters. The van der Waals surface area contributed by atoms with Crippen LogP contribution in [0.1, 0.15) is 42.0 Å². The van der Waals surface area contributed by atoms with E-state index in [0.29, 0.717) is 68.6 Å². The van der Waals surface area contributed by atoms with E-state index in [9.17, 15) is 13.2 Å². The fourth-order valence-corrected chi connectivity index (χ4v) is 7.00. The summed E-state index contributed by atoms with van der Waals surface area (Å²) in [6.07, 6.45) is 1.04. The highest BCUT2D eigenvalue weighted by molar-refractivity contribution is 7.89. The molecule has 0 spiro atoms. The second kappa shape index (κ2) is 9.96. The number of nitrogens with zero attached hydrogens (tertiary/aromatic N) is 2. The molecule has 0 radical (unpaired) electrons. The van der Waals surface area contributed by atoms with Crippen molar-refractivity contribution in [3.8, 4) is 11.5 Å². The van der Waals surface area contributed by atoms with E-state index in [4.69, 9.17) is 9.47 Å². The number of benzene rings is 2. The third-order valence-electron chi connectivity index (χ3n) is 6.71. The van der Waals surface area contributed by atoms with Crippen LogP contribution in [0.5, 0.6) is 11.5 Å². The number of hydrogen-bond acceptors (Lipinski definition) is 5. The van der Waals surface area contributed by atoms with Crippen molar-refractivity contribution in [3.63, 3.8) is 0 Å². The zero-order valence-corrected chi connectivity index (χ0v) is 21.3. The summed E-state index contributed by atoms with van der Waals surface area (Å²) >= 11 is 0. The predicted molar refractivity (Wildman–Crippen MR) is 131 cm³/mol. The fraction of sp³-hybridized carbons (Fsp3) is 0.500. The monoisotopic (exact) mass is 486 g/mol. The van der Waals surface area contributed by atoms with Crippen molar-refractivity contribution in [2.24, 2.45) is 5.92 Å². The summed E-state index contributed by atoms with van der Waals surface area (Å²) in [5.41, 5.74) is 3.52. The number of fused-ring (bicyclic) bond motifs is 1. The largest absolute Gasteiger partial charge is 0.486 e. The van der Waals surface area contributed by atoms with Crippen LogP contribution in [0.4, 0.5) is 0 Å². The van der Waals surface area contributed by atoms with Gasteiger partial charge in [-0.2, -0.15) is 4.31 Å². The second-order valence-corrected chi connectivity index (χ2v) is 11.1. The summed E-state index contributed by atoms with van der Waals surface area (Å²) < 4.78 is 39.8. The maximum Gasteiger partial charge on any atom is 0.243 e. The Morgan fingerprint density at radius 3 is 2.35 bits per heavy atom. The molecule has 2 aromatic carbocycles. The molecule has 1 saturated heterocycles. The first-order chi connectivity index (χ1) is 16.2. The number of carbonyl (C=O) groups is 1. The smallest absolute Gasteiger partial charge is 0.243 e. The van der Waals surface area contributed by atoms with Crippen LogP contribution >= 0.6 is 0 Å². The Hall–Kier alpha value is -2.58. The number of sulfonamides is 1. The van der Waals surface area contributed by atoms with Crippen molar-refractivity contribution in [1.29, 1.82) is 0 Å². The summed E-state index contributed by atoms with van der Waals surface area (Å²) in [5, 5.41) is 0. The van der Waals surface area contributed by atoms with Crippen LogP contribution in [0.15, 0.2) is 35.2 Å². The molecular formula is C26H34N2O5S. The topological polar surface area (TPSA) is 76.2 Å². The summed E-state index contributed by atoms with van der Waals surface area (Å²) in [5.74, 6) is 1.30. The Morgan fingerprint density at radius 1 is 1.06 bits per heavy atom. The van der Waals surface area contributed by atoms with Gasteiger partial charge in [0.15, 0.2) is 11.5 Å². The Labute approximate surface area is 202 Å². The molecular weight excluding hydrogens is 452 g/mol. The molecule has 1 amide bonds. The van der Waals surface area contributed by atoms with Crippen LogP contribution in [0.3, 0.4) is 0 Å². The molecule has 2 heterocycles. The van der Waals surface area contributed by atoms with E-state index in [0.717, 1.165) is 22.3 Å². The van der Waals surface area contributed by atoms with E-state index in [-0.39, 0.29) is 11.8 Å². The molecule has 0 N–H and O–H groups in total. The summed E-state index contributed by atoms with van der Waals surface area (Å²) in [4.78, 5) is 15.6. The van der Waals surface area contributed by atoms with Gasteiger partial charge in [0.2, 0.25) is 15.9 Å². The molecule has 0 saturated carbocycles. The van der Waals surface area contributed by atoms with Gasteiger partial charge < -0.3 is 14.4 Å². The molecule has 0 aliphatic carbocycles. The van der Waals surface area contributed by atoms with Crippen LogP contribution in [-0.4, -0.2) is 56.4 Å². The lowest BCUT2D eigenvalue weighted by atomic mass is 9.96. The second-order valence-electron chi connectivity index (χ2n) is 9.20. The summed E-state index contributed by atoms with van der Waals surface area (Å²) in [6, 6.07) is 9.58. The van der Waals surface area contributed by atoms with Gasteiger partial charge in [-0.1, -0.05) is 29.8 Å². The van der Waals surface area contributed by atoms with E-state index in [1.54, 1.807) is 0 Å². The maximum absolute atomic E-state index is 13.4. The Morgan fingerprint density at radius 2 is 1.71 bits per heavy atom. The van der Waals surface area contributed by atoms with Crippen molar-refractivity contribution in [1.82, 2.24) is 9.21 Å². The minimum Gasteiger partial charge on any atom is -0.486 e. The molecule has 0 bridgehead atoms. The predicted octanol–water partition coefficient (Wildman–Crippen LogP) is 3.83. The molecule has 8 heteroatoms. The number of ether oxygens (including phenoxy) is 2. The van der Waals surface area contributed by atoms with Gasteiger partial charge in [0.25, 0.3) is 0 Å². The first kappa shape index (κ1) is 24.5. The lowest BCUT2D eigenvalue weighted by Gasteiger charge is -2.34. The molecule has 34 heavy (non-hydrogen) atoms. The third-order valence-corrected chi connectivity index (χ3v) is 8.91. The highest BCUT2D eigenvalue weighted by Crippen LogP contribution is 2.35. The maximum atomic E-state index is 13.4. The van der Waals surface area contributed by atoms with Crippen molar-refractivity contribution in [2.75, 3.05) is 32.8 Å². The van der Waals surface area contributed by atoms with Gasteiger partial charge in [-0.15, -0.1) is 0 Å². The number of carbonyl (C=O) groups excluding carboxylic acids is 1. The summed E-state index contributed by atoms with van der Waals surface area (Å²) in [7, 11) is -3.60. The first-order valence-corrected chi connectivity index (χ1v) is 13.4. The molecule has 7 nitrogen and oxygen atoms in total. The van der Waals surface area contributed by atoms with Gasteiger partial charge in [-0.25, -0.2) is 8.42 Å². The van der Waals surface area contributed by atoms with E-state index in [2.05, 4.69) is 0 Å². The molecule has 1 fully saturated rings. The molecule has 2 aliphatic heterocycles. The van der Waals surface area contributed by atoms with E-state index in [1.807, 2.05) is 62.9 Å². The van der Waals surface area contributed by atoms with Gasteiger partial charge in [-0.3, -0.25) is 4.79 Å². The lowest BCUT2D eigenvalue weighted by Crippen LogP contribution is -2.44. The van der Waals surface area contributed by atoms with Crippen LogP contribution in [0.2, 0.25) is 0 Å². The van der Waals surface area contributed by atoms with Gasteiger partial charge in [0, 0.05) is 37.7 Å². The average molecular weight is 487 g/mol. The lowest BCUT2D eigenvalue weighted by molar-refractivity contribution is -0.137. The van der Waals surface area contributed by atoms with E-state index >= 15 is 0 Å². The van der Waals surface area contributed by atoms with Crippen molar-refractivity contribution in [3.05, 3.63) is 52.6 Å². The highest BCUT2D eigenvalue weighted by Gasteiger charge is 2.35. The molecule has 0 aromatic heterocycles. The normalized spacial score (nSPS) is 16.9. The SMILES string of the molecule is CCN(Cc1cccc2c1OCCO2)C(=O)C1CCN(S(=O)(=O)c2c(C)cc(C)cc2C)CC1. The Kier molecular flexibility index (Phi) is 7.19. The number of piperidine rings is 1. The number of aryl methyl sites for hydroxylation is 3. The minimum atomic E-state index is -3.60. The van der Waals surface area contributed by atoms with E-state index < -0.39 is 10.0 Å².